The number of esters is 1. The van der Waals surface area contributed by atoms with Crippen molar-refractivity contribution in [2.24, 2.45) is 28.6 Å². The average Bonchev–Trinajstić information content (AvgIpc) is 3.50. The lowest BCUT2D eigenvalue weighted by Crippen LogP contribution is -2.76. The molecule has 0 amide bonds. The SMILES string of the molecule is Cc1ncsc1C(=O)O[C@]1(C(=O)O)CCC2[C@@H]3CCC4=CC([NH2+]c5ccc(F)cc5)=C(C=N)C[C@]4(C)C3[C@@H](O)C[C@@]21C. The van der Waals surface area contributed by atoms with Crippen molar-refractivity contribution in [2.75, 3.05) is 0 Å². The smallest absolute Gasteiger partial charge is 0.351 e. The molecule has 1 heterocycles. The molecule has 8 nitrogen and oxygen atoms in total. The molecule has 0 bridgehead atoms. The van der Waals surface area contributed by atoms with Crippen LogP contribution in [0, 0.1) is 46.7 Å². The summed E-state index contributed by atoms with van der Waals surface area (Å²) in [5, 5.41) is 32.7. The molecule has 2 unspecified atom stereocenters. The van der Waals surface area contributed by atoms with Crippen LogP contribution in [0.25, 0.3) is 0 Å². The zero-order chi connectivity index (χ0) is 30.0. The average molecular weight is 595 g/mol. The van der Waals surface area contributed by atoms with Crippen LogP contribution in [0.1, 0.15) is 67.7 Å². The van der Waals surface area contributed by atoms with Gasteiger partial charge in [0.1, 0.15) is 22.1 Å². The van der Waals surface area contributed by atoms with E-state index in [2.05, 4.69) is 18.0 Å². The second kappa shape index (κ2) is 10.2. The minimum atomic E-state index is -1.74. The van der Waals surface area contributed by atoms with Gasteiger partial charge in [0.05, 0.1) is 17.3 Å². The number of allylic oxidation sites excluding steroid dienone is 3. The number of hydrogen-bond donors (Lipinski definition) is 4. The third-order valence-electron chi connectivity index (χ3n) is 11.0. The van der Waals surface area contributed by atoms with E-state index in [-0.39, 0.29) is 36.4 Å². The Hall–Kier alpha value is -3.21. The third-order valence-corrected chi connectivity index (χ3v) is 11.9. The molecule has 6 rings (SSSR count). The number of thiazole rings is 1. The fourth-order valence-electron chi connectivity index (χ4n) is 8.98. The highest BCUT2D eigenvalue weighted by Crippen LogP contribution is 2.68. The number of rotatable bonds is 6. The summed E-state index contributed by atoms with van der Waals surface area (Å²) in [6.45, 7) is 5.76. The van der Waals surface area contributed by atoms with Crippen molar-refractivity contribution in [3.63, 3.8) is 0 Å². The van der Waals surface area contributed by atoms with Gasteiger partial charge in [-0.3, -0.25) is 5.32 Å². The molecule has 222 valence electrons. The number of nitrogens with zero attached hydrogens (tertiary/aromatic N) is 1. The van der Waals surface area contributed by atoms with E-state index >= 15 is 0 Å². The number of hydrogen-bond acceptors (Lipinski definition) is 7. The van der Waals surface area contributed by atoms with E-state index < -0.39 is 34.5 Å². The maximum atomic E-state index is 13.5. The van der Waals surface area contributed by atoms with Gasteiger partial charge in [-0.2, -0.15) is 0 Å². The molecule has 4 aliphatic rings. The summed E-state index contributed by atoms with van der Waals surface area (Å²) in [5.74, 6) is -2.26. The number of carboxylic acids is 1. The van der Waals surface area contributed by atoms with E-state index in [4.69, 9.17) is 10.1 Å². The number of aliphatic hydroxyl groups is 1. The number of aromatic nitrogens is 1. The zero-order valence-electron chi connectivity index (χ0n) is 24.0. The van der Waals surface area contributed by atoms with Gasteiger partial charge in [0.15, 0.2) is 0 Å². The molecule has 0 spiro atoms. The van der Waals surface area contributed by atoms with Gasteiger partial charge in [0.2, 0.25) is 5.60 Å². The Morgan fingerprint density at radius 2 is 1.98 bits per heavy atom. The fourth-order valence-corrected chi connectivity index (χ4v) is 9.66. The van der Waals surface area contributed by atoms with Gasteiger partial charge < -0.3 is 20.4 Å². The lowest BCUT2D eigenvalue weighted by Gasteiger charge is -2.60. The minimum absolute atomic E-state index is 0.0422. The molecular weight excluding hydrogens is 557 g/mol. The highest BCUT2D eigenvalue weighted by Gasteiger charge is 2.71. The molecule has 10 heteroatoms. The number of halogens is 1. The predicted molar refractivity (Wildman–Crippen MR) is 155 cm³/mol. The Morgan fingerprint density at radius 3 is 2.62 bits per heavy atom. The topological polar surface area (TPSA) is 137 Å². The highest BCUT2D eigenvalue weighted by molar-refractivity contribution is 7.11. The van der Waals surface area contributed by atoms with Crippen LogP contribution in [-0.4, -0.2) is 45.1 Å². The number of quaternary nitrogens is 1. The Labute approximate surface area is 248 Å². The number of carbonyl (C=O) groups excluding carboxylic acids is 1. The lowest BCUT2D eigenvalue weighted by atomic mass is 9.45. The molecule has 2 aromatic rings. The molecule has 7 atom stereocenters. The van der Waals surface area contributed by atoms with E-state index in [1.54, 1.807) is 24.6 Å². The summed E-state index contributed by atoms with van der Waals surface area (Å²) < 4.78 is 19.4. The van der Waals surface area contributed by atoms with Crippen molar-refractivity contribution in [3.05, 3.63) is 69.1 Å². The standard InChI is InChI=1S/C32H36FN3O5S/c1-17-27(42-16-35-17)28(38)41-32(29(39)40)11-10-23-22-9-4-19-12-24(36-21-7-5-20(33)6-8-21)18(15-34)13-30(19,2)26(22)25(37)14-31(23,32)3/h5-8,12,15-16,22-23,25-26,34,36-37H,4,9-11,13-14H2,1-3H3,(H,39,40)/p+1/t22-,23?,25-,26?,30-,31-,32-/m0/s1. The zero-order valence-corrected chi connectivity index (χ0v) is 24.8. The van der Waals surface area contributed by atoms with E-state index in [1.807, 2.05) is 12.2 Å². The van der Waals surface area contributed by atoms with E-state index in [9.17, 15) is 24.2 Å². The summed E-state index contributed by atoms with van der Waals surface area (Å²) in [5.41, 5.74) is 2.83. The largest absolute Gasteiger partial charge is 0.478 e. The number of fused-ring (bicyclic) bond motifs is 5. The number of aryl methyl sites for hydroxylation is 1. The van der Waals surface area contributed by atoms with Crippen molar-refractivity contribution in [1.82, 2.24) is 4.98 Å². The number of aliphatic hydroxyl groups excluding tert-OH is 1. The van der Waals surface area contributed by atoms with Crippen LogP contribution >= 0.6 is 11.3 Å². The lowest BCUT2D eigenvalue weighted by molar-refractivity contribution is -0.513. The Morgan fingerprint density at radius 1 is 1.24 bits per heavy atom. The van der Waals surface area contributed by atoms with E-state index in [1.165, 1.54) is 23.9 Å². The number of aliphatic carboxylic acids is 1. The van der Waals surface area contributed by atoms with E-state index in [0.29, 0.717) is 23.4 Å². The van der Waals surface area contributed by atoms with Crippen molar-refractivity contribution in [2.45, 2.75) is 71.0 Å². The predicted octanol–water partition coefficient (Wildman–Crippen LogP) is 4.91. The van der Waals surface area contributed by atoms with Gasteiger partial charge >= 0.3 is 11.9 Å². The molecule has 3 saturated carbocycles. The summed E-state index contributed by atoms with van der Waals surface area (Å²) in [6.07, 6.45) is 5.89. The number of carboxylic acid groups (broad SMARTS) is 1. The first kappa shape index (κ1) is 28.9. The summed E-state index contributed by atoms with van der Waals surface area (Å²) in [7, 11) is 0. The van der Waals surface area contributed by atoms with Crippen molar-refractivity contribution in [3.8, 4) is 0 Å². The minimum Gasteiger partial charge on any atom is -0.478 e. The highest BCUT2D eigenvalue weighted by atomic mass is 32.1. The summed E-state index contributed by atoms with van der Waals surface area (Å²) >= 11 is 1.14. The second-order valence-electron chi connectivity index (χ2n) is 12.9. The first-order valence-corrected chi connectivity index (χ1v) is 15.4. The molecule has 4 aliphatic carbocycles. The van der Waals surface area contributed by atoms with Crippen molar-refractivity contribution in [1.29, 1.82) is 5.41 Å². The number of nitrogens with one attached hydrogen (secondary N) is 1. The number of carbonyl (C=O) groups is 2. The van der Waals surface area contributed by atoms with E-state index in [0.717, 1.165) is 41.1 Å². The maximum Gasteiger partial charge on any atom is 0.351 e. The van der Waals surface area contributed by atoms with Gasteiger partial charge in [-0.15, -0.1) is 11.3 Å². The second-order valence-corrected chi connectivity index (χ2v) is 13.8. The fraction of sp³-hybridized carbons (Fsp3) is 0.500. The van der Waals surface area contributed by atoms with Crippen LogP contribution in [0.2, 0.25) is 0 Å². The van der Waals surface area contributed by atoms with Crippen LogP contribution in [-0.2, 0) is 9.53 Å². The number of ether oxygens (including phenoxy) is 1. The van der Waals surface area contributed by atoms with Gasteiger partial charge in [-0.1, -0.05) is 19.4 Å². The van der Waals surface area contributed by atoms with Gasteiger partial charge in [0, 0.05) is 29.3 Å². The Balaban J connectivity index is 1.31. The maximum absolute atomic E-state index is 13.5. The monoisotopic (exact) mass is 594 g/mol. The Bertz CT molecular complexity index is 1520. The quantitative estimate of drug-likeness (QED) is 0.213. The molecule has 42 heavy (non-hydrogen) atoms. The first-order chi connectivity index (χ1) is 19.9. The van der Waals surface area contributed by atoms with Crippen LogP contribution in [0.15, 0.2) is 52.7 Å². The normalized spacial score (nSPS) is 35.5. The summed E-state index contributed by atoms with van der Waals surface area (Å²) in [4.78, 5) is 30.6. The number of nitrogens with two attached hydrogens (primary N) is 1. The summed E-state index contributed by atoms with van der Waals surface area (Å²) in [6, 6.07) is 6.28. The molecule has 3 fully saturated rings. The van der Waals surface area contributed by atoms with Crippen molar-refractivity contribution < 1.29 is 34.2 Å². The molecule has 5 N–H and O–H groups in total. The number of benzene rings is 1. The third kappa shape index (κ3) is 4.21. The molecule has 0 aliphatic heterocycles. The molecule has 1 aromatic heterocycles. The van der Waals surface area contributed by atoms with Crippen LogP contribution < -0.4 is 5.32 Å². The Kier molecular flexibility index (Phi) is 7.02. The molecule has 0 radical (unpaired) electrons. The van der Waals surface area contributed by atoms with Gasteiger partial charge in [-0.25, -0.2) is 19.0 Å². The first-order valence-electron chi connectivity index (χ1n) is 14.5. The van der Waals surface area contributed by atoms with Crippen LogP contribution in [0.4, 0.5) is 10.1 Å². The molecular formula is C32H37FN3O5S+. The van der Waals surface area contributed by atoms with Gasteiger partial charge in [0.25, 0.3) is 0 Å². The van der Waals surface area contributed by atoms with Gasteiger partial charge in [-0.05, 0) is 86.8 Å². The van der Waals surface area contributed by atoms with Crippen LogP contribution in [0.3, 0.4) is 0 Å². The van der Waals surface area contributed by atoms with Crippen LogP contribution in [0.5, 0.6) is 0 Å². The molecule has 1 aromatic carbocycles. The van der Waals surface area contributed by atoms with Crippen molar-refractivity contribution >= 4 is 35.2 Å². The molecule has 0 saturated heterocycles.